The number of hydrogen-bond donors (Lipinski definition) is 5. The fourth-order valence-corrected chi connectivity index (χ4v) is 6.17. The van der Waals surface area contributed by atoms with Crippen LogP contribution >= 0.6 is 7.75 Å². The van der Waals surface area contributed by atoms with Gasteiger partial charge < -0.3 is 30.3 Å². The number of benzene rings is 2. The molecule has 3 unspecified atom stereocenters. The van der Waals surface area contributed by atoms with Crippen LogP contribution in [0.3, 0.4) is 0 Å². The van der Waals surface area contributed by atoms with Crippen LogP contribution in [0.4, 0.5) is 5.82 Å². The molecule has 2 aromatic carbocycles. The molecule has 6 N–H and O–H groups in total. The monoisotopic (exact) mass is 594 g/mol. The molecule has 14 nitrogen and oxygen atoms in total. The van der Waals surface area contributed by atoms with Gasteiger partial charge >= 0.3 is 13.7 Å². The summed E-state index contributed by atoms with van der Waals surface area (Å²) in [4.78, 5) is 16.0. The van der Waals surface area contributed by atoms with Crippen LogP contribution in [-0.4, -0.2) is 66.8 Å². The Balaban J connectivity index is 1.40. The predicted octanol–water partition coefficient (Wildman–Crippen LogP) is 1.64. The van der Waals surface area contributed by atoms with Gasteiger partial charge in [0.1, 0.15) is 48.0 Å². The highest BCUT2D eigenvalue weighted by molar-refractivity contribution is 7.52. The van der Waals surface area contributed by atoms with Gasteiger partial charge in [-0.15, -0.1) is 0 Å². The van der Waals surface area contributed by atoms with Crippen molar-refractivity contribution in [1.82, 2.24) is 19.7 Å². The Morgan fingerprint density at radius 1 is 1.17 bits per heavy atom. The van der Waals surface area contributed by atoms with Gasteiger partial charge in [-0.3, -0.25) is 9.32 Å². The highest BCUT2D eigenvalue weighted by Crippen LogP contribution is 2.47. The first-order chi connectivity index (χ1) is 20.2. The van der Waals surface area contributed by atoms with E-state index in [-0.39, 0.29) is 23.7 Å². The highest BCUT2D eigenvalue weighted by atomic mass is 31.2. The number of nitrogens with zero attached hydrogens (tertiary/aromatic N) is 4. The van der Waals surface area contributed by atoms with Crippen molar-refractivity contribution in [3.63, 3.8) is 0 Å². The topological polar surface area (TPSA) is 215 Å². The third kappa shape index (κ3) is 5.70. The summed E-state index contributed by atoms with van der Waals surface area (Å²) in [6.45, 7) is -0.656. The Kier molecular flexibility index (Phi) is 8.24. The number of aliphatic carboxylic acids is 1. The van der Waals surface area contributed by atoms with Gasteiger partial charge in [-0.25, -0.2) is 14.1 Å². The summed E-state index contributed by atoms with van der Waals surface area (Å²) in [6.07, 6.45) is -3.74. The zero-order valence-electron chi connectivity index (χ0n) is 21.9. The number of rotatable bonds is 11. The van der Waals surface area contributed by atoms with Gasteiger partial charge in [-0.05, 0) is 36.2 Å². The van der Waals surface area contributed by atoms with Gasteiger partial charge in [-0.1, -0.05) is 48.5 Å². The summed E-state index contributed by atoms with van der Waals surface area (Å²) < 4.78 is 32.4. The number of aromatic nitrogens is 3. The van der Waals surface area contributed by atoms with Gasteiger partial charge in [0.25, 0.3) is 0 Å². The van der Waals surface area contributed by atoms with Gasteiger partial charge in [0.05, 0.1) is 12.3 Å². The quantitative estimate of drug-likeness (QED) is 0.156. The van der Waals surface area contributed by atoms with Crippen LogP contribution in [0.1, 0.15) is 11.3 Å². The molecular weight excluding hydrogens is 567 g/mol. The summed E-state index contributed by atoms with van der Waals surface area (Å²) >= 11 is 0. The van der Waals surface area contributed by atoms with Gasteiger partial charge in [-0.2, -0.15) is 15.4 Å². The largest absolute Gasteiger partial charge is 0.480 e. The van der Waals surface area contributed by atoms with E-state index in [0.29, 0.717) is 11.1 Å². The predicted molar refractivity (Wildman–Crippen MR) is 147 cm³/mol. The van der Waals surface area contributed by atoms with Crippen molar-refractivity contribution in [3.8, 4) is 11.8 Å². The van der Waals surface area contributed by atoms with Crippen molar-refractivity contribution in [2.24, 2.45) is 0 Å². The van der Waals surface area contributed by atoms with Crippen LogP contribution in [-0.2, 0) is 30.6 Å². The lowest BCUT2D eigenvalue weighted by Crippen LogP contribution is -2.41. The van der Waals surface area contributed by atoms with E-state index >= 15 is 0 Å². The van der Waals surface area contributed by atoms with Crippen LogP contribution in [0.5, 0.6) is 5.75 Å². The number of para-hydroxylation sites is 1. The van der Waals surface area contributed by atoms with E-state index in [9.17, 15) is 29.9 Å². The molecule has 2 aromatic heterocycles. The number of ether oxygens (including phenoxy) is 1. The van der Waals surface area contributed by atoms with Crippen LogP contribution in [0, 0.1) is 11.3 Å². The van der Waals surface area contributed by atoms with Crippen LogP contribution in [0.15, 0.2) is 79.1 Å². The number of nitrogens with two attached hydrogens (primary N) is 1. The second-order valence-electron chi connectivity index (χ2n) is 9.51. The van der Waals surface area contributed by atoms with Gasteiger partial charge in [0.2, 0.25) is 5.60 Å². The lowest BCUT2D eigenvalue weighted by Gasteiger charge is -2.26. The first-order valence-corrected chi connectivity index (χ1v) is 14.3. The first kappa shape index (κ1) is 29.2. The summed E-state index contributed by atoms with van der Waals surface area (Å²) in [7, 11) is -4.47. The maximum absolute atomic E-state index is 14.0. The van der Waals surface area contributed by atoms with Crippen LogP contribution < -0.4 is 15.3 Å². The van der Waals surface area contributed by atoms with Crippen molar-refractivity contribution in [2.45, 2.75) is 36.4 Å². The highest BCUT2D eigenvalue weighted by Gasteiger charge is 2.58. The molecule has 3 heterocycles. The summed E-state index contributed by atoms with van der Waals surface area (Å²) in [5.74, 6) is -1.07. The van der Waals surface area contributed by atoms with Crippen LogP contribution in [0.2, 0.25) is 0 Å². The second kappa shape index (κ2) is 11.9. The van der Waals surface area contributed by atoms with Crippen molar-refractivity contribution in [3.05, 3.63) is 90.4 Å². The number of hydrogen-bond acceptors (Lipinski definition) is 11. The average molecular weight is 595 g/mol. The number of aliphatic hydroxyl groups excluding tert-OH is 2. The minimum absolute atomic E-state index is 0.0489. The van der Waals surface area contributed by atoms with E-state index in [1.807, 2.05) is 6.07 Å². The third-order valence-corrected chi connectivity index (χ3v) is 8.33. The fraction of sp³-hybridized carbons (Fsp3) is 0.259. The first-order valence-electron chi connectivity index (χ1n) is 12.7. The molecule has 0 radical (unpaired) electrons. The van der Waals surface area contributed by atoms with Crippen molar-refractivity contribution >= 4 is 25.1 Å². The molecule has 1 fully saturated rings. The minimum atomic E-state index is -4.47. The number of carboxylic acid groups (broad SMARTS) is 1. The fourth-order valence-electron chi connectivity index (χ4n) is 4.66. The normalized spacial score (nSPS) is 24.1. The molecule has 0 bridgehead atoms. The number of anilines is 1. The number of nitrogen functional groups attached to an aromatic ring is 1. The average Bonchev–Trinajstić information content (AvgIpc) is 3.53. The van der Waals surface area contributed by atoms with Gasteiger partial charge in [0.15, 0.2) is 5.82 Å². The molecule has 0 saturated carbocycles. The summed E-state index contributed by atoms with van der Waals surface area (Å²) in [5, 5.41) is 48.5. The number of fused-ring (bicyclic) bond motifs is 1. The van der Waals surface area contributed by atoms with E-state index in [4.69, 9.17) is 19.5 Å². The number of carboxylic acids is 1. The van der Waals surface area contributed by atoms with Gasteiger partial charge in [0, 0.05) is 0 Å². The molecule has 42 heavy (non-hydrogen) atoms. The van der Waals surface area contributed by atoms with Crippen molar-refractivity contribution < 1.29 is 38.5 Å². The van der Waals surface area contributed by atoms with E-state index in [1.165, 1.54) is 28.8 Å². The Labute approximate surface area is 239 Å². The molecule has 5 rings (SSSR count). The third-order valence-electron chi connectivity index (χ3n) is 6.76. The van der Waals surface area contributed by atoms with E-state index in [1.54, 1.807) is 48.5 Å². The van der Waals surface area contributed by atoms with Crippen molar-refractivity contribution in [1.29, 1.82) is 5.26 Å². The summed E-state index contributed by atoms with van der Waals surface area (Å²) in [6, 6.07) is 20.2. The molecule has 218 valence electrons. The summed E-state index contributed by atoms with van der Waals surface area (Å²) in [5.41, 5.74) is 4.84. The van der Waals surface area contributed by atoms with E-state index in [0.717, 1.165) is 6.33 Å². The molecule has 0 aliphatic carbocycles. The molecule has 0 spiro atoms. The molecule has 1 aliphatic rings. The lowest BCUT2D eigenvalue weighted by atomic mass is 9.92. The van der Waals surface area contributed by atoms with E-state index in [2.05, 4.69) is 15.2 Å². The zero-order chi connectivity index (χ0) is 29.9. The Bertz CT molecular complexity index is 1650. The second-order valence-corrected chi connectivity index (χ2v) is 11.2. The Morgan fingerprint density at radius 2 is 1.86 bits per heavy atom. The number of nitriles is 1. The standard InChI is InChI=1S/C27H27N6O8P/c28-15-27(22-12-11-20-25(29)30-16-31-33(20)22)24(35)23(34)21(40-27)14-39-42(38,41-18-9-5-2-6-10-18)32-19(26(36)37)13-17-7-3-1-4-8-17/h1-12,16,19,21,23-24,34-35H,13-14H2,(H,32,38)(H,36,37)(H2,29,30,31)/t19?,21-,23-,24-,27?,42?/m1/s1. The Hall–Kier alpha value is -4.35. The molecule has 1 aliphatic heterocycles. The smallest absolute Gasteiger partial charge is 0.459 e. The molecule has 15 heteroatoms. The molecule has 6 atom stereocenters. The number of nitrogens with one attached hydrogen (secondary N) is 1. The number of carbonyl (C=O) groups is 1. The zero-order valence-corrected chi connectivity index (χ0v) is 22.8. The van der Waals surface area contributed by atoms with Crippen molar-refractivity contribution in [2.75, 3.05) is 12.3 Å². The lowest BCUT2D eigenvalue weighted by molar-refractivity contribution is -0.139. The number of aliphatic hydroxyl groups is 2. The SMILES string of the molecule is N#CC1(c2ccc3c(N)ncnn23)O[C@H](COP(=O)(NC(Cc2ccccc2)C(=O)O)Oc2ccccc2)[C@@H](O)[C@H]1O. The molecule has 1 saturated heterocycles. The minimum Gasteiger partial charge on any atom is -0.480 e. The Morgan fingerprint density at radius 3 is 2.52 bits per heavy atom. The van der Waals surface area contributed by atoms with Crippen LogP contribution in [0.25, 0.3) is 5.52 Å². The van der Waals surface area contributed by atoms with E-state index < -0.39 is 50.3 Å². The molecule has 4 aromatic rings. The maximum atomic E-state index is 14.0. The molecular formula is C27H27N6O8P. The maximum Gasteiger partial charge on any atom is 0.459 e. The molecule has 0 amide bonds.